The first-order valence-corrected chi connectivity index (χ1v) is 10.1. The van der Waals surface area contributed by atoms with Crippen LogP contribution in [0.25, 0.3) is 5.57 Å². The lowest BCUT2D eigenvalue weighted by atomic mass is 10.0. The molecular formula is C22H32N2O5. The Hall–Kier alpha value is -2.38. The highest BCUT2D eigenvalue weighted by atomic mass is 16.5. The van der Waals surface area contributed by atoms with E-state index in [1.54, 1.807) is 14.2 Å². The molecule has 7 nitrogen and oxygen atoms in total. The van der Waals surface area contributed by atoms with Crippen LogP contribution in [-0.2, 0) is 19.1 Å². The van der Waals surface area contributed by atoms with Crippen molar-refractivity contribution in [3.63, 3.8) is 0 Å². The normalized spacial score (nSPS) is 14.1. The van der Waals surface area contributed by atoms with E-state index >= 15 is 0 Å². The first-order chi connectivity index (χ1) is 14.1. The van der Waals surface area contributed by atoms with E-state index < -0.39 is 0 Å². The molecule has 0 saturated heterocycles. The first-order valence-electron chi connectivity index (χ1n) is 10.1. The maximum atomic E-state index is 13.2. The summed E-state index contributed by atoms with van der Waals surface area (Å²) >= 11 is 0. The van der Waals surface area contributed by atoms with Gasteiger partial charge in [0.2, 0.25) is 0 Å². The molecule has 0 radical (unpaired) electrons. The molecule has 0 aromatic heterocycles. The minimum Gasteiger partial charge on any atom is -0.494 e. The summed E-state index contributed by atoms with van der Waals surface area (Å²) in [4.78, 5) is 29.5. The molecule has 0 spiro atoms. The molecule has 7 heteroatoms. The Bertz CT molecular complexity index is 706. The summed E-state index contributed by atoms with van der Waals surface area (Å²) in [7, 11) is 3.23. The van der Waals surface area contributed by atoms with Crippen molar-refractivity contribution in [1.29, 1.82) is 0 Å². The van der Waals surface area contributed by atoms with Gasteiger partial charge < -0.3 is 19.1 Å². The molecule has 1 aromatic carbocycles. The molecule has 0 bridgehead atoms. The summed E-state index contributed by atoms with van der Waals surface area (Å²) < 4.78 is 16.1. The van der Waals surface area contributed by atoms with E-state index in [1.807, 2.05) is 43.0 Å². The summed E-state index contributed by atoms with van der Waals surface area (Å²) in [6, 6.07) is 7.35. The van der Waals surface area contributed by atoms with Crippen LogP contribution >= 0.6 is 0 Å². The Balaban J connectivity index is 2.45. The van der Waals surface area contributed by atoms with Crippen LogP contribution in [0.2, 0.25) is 0 Å². The van der Waals surface area contributed by atoms with Gasteiger partial charge in [0.05, 0.1) is 25.4 Å². The fraction of sp³-hybridized carbons (Fsp3) is 0.545. The van der Waals surface area contributed by atoms with E-state index in [0.29, 0.717) is 62.7 Å². The van der Waals surface area contributed by atoms with Crippen molar-refractivity contribution in [3.05, 3.63) is 35.5 Å². The highest BCUT2D eigenvalue weighted by Gasteiger charge is 2.40. The van der Waals surface area contributed by atoms with Gasteiger partial charge in [-0.25, -0.2) is 0 Å². The Kier molecular flexibility index (Phi) is 9.15. The summed E-state index contributed by atoms with van der Waals surface area (Å²) in [6.07, 6.45) is 1.63. The zero-order chi connectivity index (χ0) is 21.2. The Morgan fingerprint density at radius 3 is 2.00 bits per heavy atom. The zero-order valence-corrected chi connectivity index (χ0v) is 17.9. The number of hydrogen-bond acceptors (Lipinski definition) is 6. The second-order valence-corrected chi connectivity index (χ2v) is 6.83. The number of hydrogen-bond donors (Lipinski definition) is 0. The summed E-state index contributed by atoms with van der Waals surface area (Å²) in [5.41, 5.74) is 1.55. The second kappa shape index (κ2) is 11.6. The van der Waals surface area contributed by atoms with Crippen LogP contribution in [-0.4, -0.2) is 75.3 Å². The lowest BCUT2D eigenvalue weighted by Crippen LogP contribution is -2.38. The Labute approximate surface area is 173 Å². The molecule has 0 fully saturated rings. The number of carbonyl (C=O) groups is 2. The van der Waals surface area contributed by atoms with Gasteiger partial charge in [-0.15, -0.1) is 0 Å². The van der Waals surface area contributed by atoms with Crippen molar-refractivity contribution in [3.8, 4) is 5.75 Å². The molecule has 0 atom stereocenters. The summed E-state index contributed by atoms with van der Waals surface area (Å²) in [5, 5.41) is 0. The Morgan fingerprint density at radius 1 is 0.862 bits per heavy atom. The Morgan fingerprint density at radius 2 is 1.48 bits per heavy atom. The van der Waals surface area contributed by atoms with Gasteiger partial charge in [0.15, 0.2) is 0 Å². The molecule has 2 rings (SSSR count). The van der Waals surface area contributed by atoms with E-state index in [-0.39, 0.29) is 11.8 Å². The number of carbonyl (C=O) groups excluding carboxylic acids is 2. The van der Waals surface area contributed by atoms with Gasteiger partial charge in [0, 0.05) is 33.9 Å². The van der Waals surface area contributed by atoms with Gasteiger partial charge in [-0.3, -0.25) is 14.5 Å². The fourth-order valence-corrected chi connectivity index (χ4v) is 3.22. The maximum absolute atomic E-state index is 13.2. The van der Waals surface area contributed by atoms with Crippen molar-refractivity contribution in [2.24, 2.45) is 0 Å². The van der Waals surface area contributed by atoms with Crippen LogP contribution in [0.4, 0.5) is 0 Å². The third kappa shape index (κ3) is 5.58. The minimum absolute atomic E-state index is 0.256. The van der Waals surface area contributed by atoms with Gasteiger partial charge in [-0.05, 0) is 30.5 Å². The molecule has 0 aliphatic carbocycles. The predicted molar refractivity (Wildman–Crippen MR) is 111 cm³/mol. The van der Waals surface area contributed by atoms with Crippen LogP contribution in [0.3, 0.4) is 0 Å². The van der Waals surface area contributed by atoms with E-state index in [0.717, 1.165) is 12.2 Å². The van der Waals surface area contributed by atoms with E-state index in [4.69, 9.17) is 14.2 Å². The van der Waals surface area contributed by atoms with E-state index in [1.165, 1.54) is 4.90 Å². The van der Waals surface area contributed by atoms with Crippen LogP contribution in [0.1, 0.15) is 32.3 Å². The lowest BCUT2D eigenvalue weighted by molar-refractivity contribution is -0.137. The summed E-state index contributed by atoms with van der Waals surface area (Å²) in [5.74, 6) is 0.231. The van der Waals surface area contributed by atoms with Gasteiger partial charge in [0.1, 0.15) is 11.4 Å². The predicted octanol–water partition coefficient (Wildman–Crippen LogP) is 2.56. The number of rotatable bonds is 13. The smallest absolute Gasteiger partial charge is 0.277 e. The molecule has 0 unspecified atom stereocenters. The molecule has 1 aromatic rings. The average molecular weight is 405 g/mol. The van der Waals surface area contributed by atoms with E-state index in [9.17, 15) is 9.59 Å². The largest absolute Gasteiger partial charge is 0.494 e. The maximum Gasteiger partial charge on any atom is 0.277 e. The quantitative estimate of drug-likeness (QED) is 0.471. The number of nitrogens with zero attached hydrogens (tertiary/aromatic N) is 2. The number of ether oxygens (including phenoxy) is 3. The minimum atomic E-state index is -0.259. The molecular weight excluding hydrogens is 372 g/mol. The molecule has 1 aliphatic heterocycles. The monoisotopic (exact) mass is 404 g/mol. The molecule has 2 amide bonds. The zero-order valence-electron chi connectivity index (χ0n) is 17.9. The first kappa shape index (κ1) is 22.9. The van der Waals surface area contributed by atoms with Crippen LogP contribution < -0.4 is 4.74 Å². The molecule has 1 aliphatic rings. The van der Waals surface area contributed by atoms with Crippen molar-refractivity contribution in [2.45, 2.75) is 26.7 Å². The topological polar surface area (TPSA) is 68.3 Å². The number of benzene rings is 1. The molecule has 29 heavy (non-hydrogen) atoms. The third-order valence-electron chi connectivity index (χ3n) is 4.65. The highest BCUT2D eigenvalue weighted by molar-refractivity contribution is 6.35. The van der Waals surface area contributed by atoms with Gasteiger partial charge in [0.25, 0.3) is 11.8 Å². The number of methoxy groups -OCH3 is 2. The van der Waals surface area contributed by atoms with Crippen LogP contribution in [0.15, 0.2) is 30.0 Å². The van der Waals surface area contributed by atoms with Crippen molar-refractivity contribution < 1.29 is 23.8 Å². The molecule has 160 valence electrons. The van der Waals surface area contributed by atoms with Crippen LogP contribution in [0.5, 0.6) is 5.75 Å². The summed E-state index contributed by atoms with van der Waals surface area (Å²) in [6.45, 7) is 6.91. The fourth-order valence-electron chi connectivity index (χ4n) is 3.22. The van der Waals surface area contributed by atoms with Gasteiger partial charge in [-0.1, -0.05) is 26.0 Å². The molecule has 0 saturated carbocycles. The van der Waals surface area contributed by atoms with Gasteiger partial charge >= 0.3 is 0 Å². The highest BCUT2D eigenvalue weighted by Crippen LogP contribution is 2.32. The molecule has 0 N–H and O–H groups in total. The average Bonchev–Trinajstić information content (AvgIpc) is 2.98. The van der Waals surface area contributed by atoms with Crippen LogP contribution in [0, 0.1) is 0 Å². The van der Waals surface area contributed by atoms with E-state index in [2.05, 4.69) is 0 Å². The van der Waals surface area contributed by atoms with Crippen molar-refractivity contribution in [1.82, 2.24) is 9.80 Å². The number of amides is 2. The molecule has 1 heterocycles. The lowest BCUT2D eigenvalue weighted by Gasteiger charge is -2.25. The number of imide groups is 1. The van der Waals surface area contributed by atoms with Crippen molar-refractivity contribution in [2.75, 3.05) is 53.7 Å². The third-order valence-corrected chi connectivity index (χ3v) is 4.65. The SMILES string of the molecule is CCCOc1ccc(C2=C(N(CCOC)CCOC)C(=O)N(CCC)C2=O)cc1. The van der Waals surface area contributed by atoms with Crippen molar-refractivity contribution >= 4 is 17.4 Å². The standard InChI is InChI=1S/C22H32N2O5/c1-5-11-24-21(25)19(17-7-9-18(10-8-17)29-14-6-2)20(22(24)26)23(12-15-27-3)13-16-28-4/h7-10H,5-6,11-16H2,1-4H3. The second-order valence-electron chi connectivity index (χ2n) is 6.83. The van der Waals surface area contributed by atoms with Gasteiger partial charge in [-0.2, -0.15) is 0 Å².